The number of halogens is 1. The summed E-state index contributed by atoms with van der Waals surface area (Å²) in [7, 11) is 1.97. The van der Waals surface area contributed by atoms with E-state index < -0.39 is 11.0 Å². The molecule has 2 aromatic carbocycles. The lowest BCUT2D eigenvalue weighted by molar-refractivity contribution is -0.384. The number of anilines is 1. The summed E-state index contributed by atoms with van der Waals surface area (Å²) in [5.74, 6) is 1.50. The first kappa shape index (κ1) is 40.4. The number of nitrogens with zero attached hydrogens (tertiary/aromatic N) is 6. The van der Waals surface area contributed by atoms with Gasteiger partial charge in [-0.3, -0.25) is 14.8 Å². The van der Waals surface area contributed by atoms with Crippen LogP contribution in [0.5, 0.6) is 5.75 Å². The lowest BCUT2D eigenvalue weighted by atomic mass is 9.90. The molecule has 56 heavy (non-hydrogen) atoms. The number of aromatic nitrogens is 4. The minimum absolute atomic E-state index is 0.0662. The zero-order valence-electron chi connectivity index (χ0n) is 31.9. The van der Waals surface area contributed by atoms with Crippen molar-refractivity contribution >= 4 is 35.4 Å². The molecular formula is C41H51ClN8O6. The van der Waals surface area contributed by atoms with Gasteiger partial charge in [-0.2, -0.15) is 5.10 Å². The van der Waals surface area contributed by atoms with E-state index in [2.05, 4.69) is 20.7 Å². The fraction of sp³-hybridized carbons (Fsp3) is 0.488. The molecule has 15 heteroatoms. The molecule has 2 heterocycles. The number of rotatable bonds is 19. The maximum absolute atomic E-state index is 13.5. The predicted molar refractivity (Wildman–Crippen MR) is 213 cm³/mol. The first-order valence-electron chi connectivity index (χ1n) is 19.7. The Labute approximate surface area is 332 Å². The summed E-state index contributed by atoms with van der Waals surface area (Å²) in [4.78, 5) is 47.2. The van der Waals surface area contributed by atoms with Crippen molar-refractivity contribution in [3.63, 3.8) is 0 Å². The topological polar surface area (TPSA) is 167 Å². The van der Waals surface area contributed by atoms with Crippen molar-refractivity contribution in [2.45, 2.75) is 102 Å². The van der Waals surface area contributed by atoms with Crippen LogP contribution in [0.2, 0.25) is 5.02 Å². The Bertz CT molecular complexity index is 1900. The average Bonchev–Trinajstić information content (AvgIpc) is 3.96. The number of non-ortho nitro benzene ring substituents is 1. The number of aryl methyl sites for hydroxylation is 1. The summed E-state index contributed by atoms with van der Waals surface area (Å²) >= 11 is 6.62. The van der Waals surface area contributed by atoms with E-state index in [9.17, 15) is 19.7 Å². The third-order valence-corrected chi connectivity index (χ3v) is 10.8. The van der Waals surface area contributed by atoms with Crippen molar-refractivity contribution in [2.75, 3.05) is 18.4 Å². The van der Waals surface area contributed by atoms with E-state index in [4.69, 9.17) is 26.1 Å². The molecule has 2 aliphatic carbocycles. The number of amides is 2. The second-order valence-electron chi connectivity index (χ2n) is 14.7. The van der Waals surface area contributed by atoms with Crippen molar-refractivity contribution in [1.29, 1.82) is 0 Å². The number of ether oxygens (including phenoxy) is 2. The average molecular weight is 787 g/mol. The molecule has 2 fully saturated rings. The minimum Gasteiger partial charge on any atom is -0.445 e. The van der Waals surface area contributed by atoms with Crippen molar-refractivity contribution in [2.24, 2.45) is 13.0 Å². The van der Waals surface area contributed by atoms with E-state index in [-0.39, 0.29) is 36.2 Å². The monoisotopic (exact) mass is 786 g/mol. The number of nitro groups is 1. The van der Waals surface area contributed by atoms with Gasteiger partial charge in [-0.1, -0.05) is 67.6 Å². The molecule has 6 rings (SSSR count). The Kier molecular flexibility index (Phi) is 14.5. The molecule has 298 valence electrons. The highest BCUT2D eigenvalue weighted by molar-refractivity contribution is 6.33. The number of nitrogens with one attached hydrogen (secondary N) is 2. The van der Waals surface area contributed by atoms with Gasteiger partial charge >= 0.3 is 12.2 Å². The van der Waals surface area contributed by atoms with Crippen LogP contribution in [0.15, 0.2) is 67.0 Å². The Hall–Kier alpha value is -5.24. The first-order chi connectivity index (χ1) is 27.2. The summed E-state index contributed by atoms with van der Waals surface area (Å²) < 4.78 is 12.9. The maximum Gasteiger partial charge on any atom is 0.412 e. The van der Waals surface area contributed by atoms with Crippen LogP contribution in [0.1, 0.15) is 88.3 Å². The van der Waals surface area contributed by atoms with E-state index >= 15 is 0 Å². The van der Waals surface area contributed by atoms with Crippen LogP contribution in [0.3, 0.4) is 0 Å². The van der Waals surface area contributed by atoms with E-state index in [0.717, 1.165) is 87.4 Å². The molecule has 2 aromatic heterocycles. The molecule has 0 spiro atoms. The summed E-state index contributed by atoms with van der Waals surface area (Å²) in [5.41, 5.74) is 3.70. The van der Waals surface area contributed by atoms with Crippen LogP contribution in [0, 0.1) is 16.0 Å². The van der Waals surface area contributed by atoms with Crippen molar-refractivity contribution in [1.82, 2.24) is 30.0 Å². The molecule has 0 aliphatic heterocycles. The van der Waals surface area contributed by atoms with Gasteiger partial charge in [0.05, 0.1) is 28.0 Å². The van der Waals surface area contributed by atoms with Gasteiger partial charge in [-0.15, -0.1) is 0 Å². The summed E-state index contributed by atoms with van der Waals surface area (Å²) in [5, 5.41) is 22.1. The van der Waals surface area contributed by atoms with Crippen molar-refractivity contribution in [3.8, 4) is 17.0 Å². The molecule has 2 saturated carbocycles. The molecule has 0 saturated heterocycles. The van der Waals surface area contributed by atoms with Crippen molar-refractivity contribution in [3.05, 3.63) is 93.4 Å². The number of hydrogen-bond donors (Lipinski definition) is 2. The van der Waals surface area contributed by atoms with Gasteiger partial charge in [0.25, 0.3) is 5.69 Å². The zero-order chi connectivity index (χ0) is 39.3. The van der Waals surface area contributed by atoms with Crippen LogP contribution in [-0.2, 0) is 24.8 Å². The molecule has 0 unspecified atom stereocenters. The Balaban J connectivity index is 0.938. The van der Waals surface area contributed by atoms with E-state index in [1.165, 1.54) is 37.1 Å². The highest BCUT2D eigenvalue weighted by atomic mass is 35.5. The van der Waals surface area contributed by atoms with Gasteiger partial charge in [-0.05, 0) is 81.4 Å². The van der Waals surface area contributed by atoms with Gasteiger partial charge in [0, 0.05) is 55.6 Å². The fourth-order valence-corrected chi connectivity index (χ4v) is 7.34. The number of carbonyl (C=O) groups excluding carboxylic acids is 2. The maximum atomic E-state index is 13.5. The molecular weight excluding hydrogens is 736 g/mol. The number of unbranched alkanes of at least 4 members (excludes halogenated alkanes) is 5. The van der Waals surface area contributed by atoms with Crippen LogP contribution in [0.25, 0.3) is 11.3 Å². The molecule has 0 bridgehead atoms. The highest BCUT2D eigenvalue weighted by Crippen LogP contribution is 2.37. The summed E-state index contributed by atoms with van der Waals surface area (Å²) in [6.45, 7) is 1.34. The lowest BCUT2D eigenvalue weighted by Crippen LogP contribution is -2.44. The van der Waals surface area contributed by atoms with E-state index in [1.54, 1.807) is 6.20 Å². The van der Waals surface area contributed by atoms with Gasteiger partial charge in [0.15, 0.2) is 0 Å². The summed E-state index contributed by atoms with van der Waals surface area (Å²) in [6.07, 6.45) is 15.1. The Morgan fingerprint density at radius 3 is 2.38 bits per heavy atom. The molecule has 2 aliphatic rings. The zero-order valence-corrected chi connectivity index (χ0v) is 32.7. The van der Waals surface area contributed by atoms with Crippen LogP contribution in [-0.4, -0.2) is 66.9 Å². The van der Waals surface area contributed by atoms with E-state index in [1.807, 2.05) is 53.2 Å². The van der Waals surface area contributed by atoms with Crippen molar-refractivity contribution < 1.29 is 24.0 Å². The largest absolute Gasteiger partial charge is 0.445 e. The van der Waals surface area contributed by atoms with Gasteiger partial charge in [0.1, 0.15) is 12.4 Å². The minimum atomic E-state index is -0.589. The second-order valence-corrected chi connectivity index (χ2v) is 15.1. The summed E-state index contributed by atoms with van der Waals surface area (Å²) in [6, 6.07) is 15.4. The standard InChI is InChI=1S/C41H51ClN8O6/c1-48-37(25-29-13-14-29)35(26-45-48)38-36(42)27-44-39(47-38)46-31-15-17-32(18-16-31)49(41(52)55-28-30-11-7-6-8-12-30)24-10-5-3-2-4-9-23-43-40(51)56-34-21-19-33(20-22-34)50(53)54/h6-8,11-12,19-22,26-27,29,31-32H,2-5,9-10,13-18,23-25,28H2,1H3,(H,43,51)(H,44,46,47). The number of benzene rings is 2. The van der Waals surface area contributed by atoms with Crippen LogP contribution in [0.4, 0.5) is 21.2 Å². The van der Waals surface area contributed by atoms with Crippen LogP contribution >= 0.6 is 11.6 Å². The predicted octanol–water partition coefficient (Wildman–Crippen LogP) is 8.88. The third kappa shape index (κ3) is 11.9. The number of carbonyl (C=O) groups is 2. The quantitative estimate of drug-likeness (QED) is 0.0532. The smallest absolute Gasteiger partial charge is 0.412 e. The first-order valence-corrected chi connectivity index (χ1v) is 20.1. The second kappa shape index (κ2) is 20.1. The Morgan fingerprint density at radius 1 is 0.946 bits per heavy atom. The number of nitro benzene ring substituents is 1. The molecule has 14 nitrogen and oxygen atoms in total. The van der Waals surface area contributed by atoms with Gasteiger partial charge in [0.2, 0.25) is 5.95 Å². The molecule has 2 N–H and O–H groups in total. The normalized spacial score (nSPS) is 16.5. The van der Waals surface area contributed by atoms with Gasteiger partial charge in [-0.25, -0.2) is 19.6 Å². The molecule has 4 aromatic rings. The third-order valence-electron chi connectivity index (χ3n) is 10.5. The fourth-order valence-electron chi connectivity index (χ4n) is 7.15. The SMILES string of the molecule is Cn1ncc(-c2nc(NC3CCC(N(CCCCCCCCNC(=O)Oc4ccc([N+](=O)[O-])cc4)C(=O)OCc4ccccc4)CC3)ncc2Cl)c1CC1CC1. The van der Waals surface area contributed by atoms with Crippen LogP contribution < -0.4 is 15.4 Å². The number of hydrogen-bond acceptors (Lipinski definition) is 10. The molecule has 0 radical (unpaired) electrons. The molecule has 2 amide bonds. The molecule has 0 atom stereocenters. The lowest BCUT2D eigenvalue weighted by Gasteiger charge is -2.36. The Morgan fingerprint density at radius 2 is 1.66 bits per heavy atom. The van der Waals surface area contributed by atoms with Gasteiger partial charge < -0.3 is 25.0 Å². The highest BCUT2D eigenvalue weighted by Gasteiger charge is 2.31. The van der Waals surface area contributed by atoms with E-state index in [0.29, 0.717) is 35.7 Å².